The Morgan fingerprint density at radius 3 is 2.47 bits per heavy atom. The maximum absolute atomic E-state index is 11.6. The van der Waals surface area contributed by atoms with Crippen LogP contribution in [0.5, 0.6) is 0 Å². The molecule has 3 rings (SSSR count). The SMILES string of the molecule is CC(C)(C1=NN=C2C(=O)N=CN=C21)c1ccccc1. The Morgan fingerprint density at radius 2 is 1.74 bits per heavy atom. The molecule has 2 aliphatic heterocycles. The monoisotopic (exact) mass is 252 g/mol. The predicted octanol–water partition coefficient (Wildman–Crippen LogP) is 1.78. The highest BCUT2D eigenvalue weighted by molar-refractivity contribution is 6.85. The van der Waals surface area contributed by atoms with Crippen LogP contribution < -0.4 is 0 Å². The van der Waals surface area contributed by atoms with Gasteiger partial charge in [0.25, 0.3) is 0 Å². The van der Waals surface area contributed by atoms with Crippen LogP contribution in [0, 0.1) is 0 Å². The van der Waals surface area contributed by atoms with E-state index in [-0.39, 0.29) is 17.0 Å². The molecule has 0 bridgehead atoms. The van der Waals surface area contributed by atoms with Crippen molar-refractivity contribution in [3.63, 3.8) is 0 Å². The highest BCUT2D eigenvalue weighted by Crippen LogP contribution is 2.28. The first-order chi connectivity index (χ1) is 9.10. The van der Waals surface area contributed by atoms with Gasteiger partial charge < -0.3 is 0 Å². The van der Waals surface area contributed by atoms with Crippen LogP contribution in [-0.2, 0) is 10.2 Å². The number of aliphatic imine (C=N–C) groups is 2. The summed E-state index contributed by atoms with van der Waals surface area (Å²) in [6.07, 6.45) is 1.26. The molecule has 0 spiro atoms. The van der Waals surface area contributed by atoms with Crippen molar-refractivity contribution in [2.75, 3.05) is 0 Å². The zero-order valence-electron chi connectivity index (χ0n) is 10.7. The molecule has 1 aromatic rings. The number of amides is 1. The summed E-state index contributed by atoms with van der Waals surface area (Å²) in [5.41, 5.74) is 2.21. The molecule has 5 heteroatoms. The minimum atomic E-state index is -0.382. The van der Waals surface area contributed by atoms with E-state index in [2.05, 4.69) is 20.2 Å². The van der Waals surface area contributed by atoms with E-state index < -0.39 is 0 Å². The van der Waals surface area contributed by atoms with Gasteiger partial charge in [0.05, 0.1) is 0 Å². The van der Waals surface area contributed by atoms with Crippen LogP contribution >= 0.6 is 0 Å². The third kappa shape index (κ3) is 1.74. The number of carbonyl (C=O) groups excluding carboxylic acids is 1. The molecule has 0 atom stereocenters. The lowest BCUT2D eigenvalue weighted by Gasteiger charge is -2.25. The first kappa shape index (κ1) is 11.6. The normalized spacial score (nSPS) is 17.8. The third-order valence-corrected chi connectivity index (χ3v) is 3.35. The third-order valence-electron chi connectivity index (χ3n) is 3.35. The fourth-order valence-electron chi connectivity index (χ4n) is 2.19. The van der Waals surface area contributed by atoms with E-state index in [1.807, 2.05) is 44.2 Å². The summed E-state index contributed by atoms with van der Waals surface area (Å²) >= 11 is 0. The van der Waals surface area contributed by atoms with Crippen molar-refractivity contribution in [1.29, 1.82) is 0 Å². The Kier molecular flexibility index (Phi) is 2.48. The van der Waals surface area contributed by atoms with Gasteiger partial charge in [0.15, 0.2) is 5.71 Å². The summed E-state index contributed by atoms with van der Waals surface area (Å²) in [5, 5.41) is 8.07. The molecule has 0 aromatic heterocycles. The Hall–Kier alpha value is -2.43. The second-order valence-electron chi connectivity index (χ2n) is 4.92. The van der Waals surface area contributed by atoms with E-state index in [0.29, 0.717) is 11.4 Å². The molecule has 19 heavy (non-hydrogen) atoms. The highest BCUT2D eigenvalue weighted by Gasteiger charge is 2.39. The summed E-state index contributed by atoms with van der Waals surface area (Å²) < 4.78 is 0. The number of fused-ring (bicyclic) bond motifs is 1. The molecule has 5 nitrogen and oxygen atoms in total. The molecule has 0 saturated carbocycles. The molecule has 2 aliphatic rings. The number of benzene rings is 1. The average Bonchev–Trinajstić information content (AvgIpc) is 2.86. The quantitative estimate of drug-likeness (QED) is 0.791. The topological polar surface area (TPSA) is 66.5 Å². The second kappa shape index (κ2) is 4.05. The van der Waals surface area contributed by atoms with Crippen LogP contribution in [0.15, 0.2) is 50.5 Å². The molecule has 0 unspecified atom stereocenters. The Labute approximate surface area is 110 Å². The zero-order chi connectivity index (χ0) is 13.5. The summed E-state index contributed by atoms with van der Waals surface area (Å²) in [6, 6.07) is 9.97. The van der Waals surface area contributed by atoms with Crippen LogP contribution in [0.1, 0.15) is 19.4 Å². The minimum Gasteiger partial charge on any atom is -0.265 e. The van der Waals surface area contributed by atoms with Gasteiger partial charge >= 0.3 is 5.91 Å². The van der Waals surface area contributed by atoms with Crippen molar-refractivity contribution in [2.24, 2.45) is 20.2 Å². The van der Waals surface area contributed by atoms with Gasteiger partial charge in [-0.3, -0.25) is 4.79 Å². The molecule has 1 amide bonds. The predicted molar refractivity (Wildman–Crippen MR) is 75.3 cm³/mol. The van der Waals surface area contributed by atoms with Gasteiger partial charge in [0.1, 0.15) is 17.8 Å². The van der Waals surface area contributed by atoms with E-state index in [1.165, 1.54) is 6.34 Å². The van der Waals surface area contributed by atoms with E-state index in [9.17, 15) is 4.79 Å². The van der Waals surface area contributed by atoms with Crippen molar-refractivity contribution in [3.05, 3.63) is 35.9 Å². The number of hydrogen-bond donors (Lipinski definition) is 0. The maximum atomic E-state index is 11.6. The fraction of sp³-hybridized carbons (Fsp3) is 0.214. The fourth-order valence-corrected chi connectivity index (χ4v) is 2.19. The average molecular weight is 252 g/mol. The molecule has 0 N–H and O–H groups in total. The zero-order valence-corrected chi connectivity index (χ0v) is 10.7. The van der Waals surface area contributed by atoms with Crippen molar-refractivity contribution in [3.8, 4) is 0 Å². The van der Waals surface area contributed by atoms with E-state index >= 15 is 0 Å². The van der Waals surface area contributed by atoms with Crippen molar-refractivity contribution in [2.45, 2.75) is 19.3 Å². The van der Waals surface area contributed by atoms with E-state index in [4.69, 9.17) is 0 Å². The van der Waals surface area contributed by atoms with Crippen molar-refractivity contribution in [1.82, 2.24) is 0 Å². The van der Waals surface area contributed by atoms with Gasteiger partial charge in [-0.2, -0.15) is 10.1 Å². The van der Waals surface area contributed by atoms with E-state index in [0.717, 1.165) is 5.56 Å². The Balaban J connectivity index is 2.03. The summed E-state index contributed by atoms with van der Waals surface area (Å²) in [4.78, 5) is 19.4. The second-order valence-corrected chi connectivity index (χ2v) is 4.92. The molecule has 0 radical (unpaired) electrons. The number of rotatable bonds is 2. The molecule has 0 fully saturated rings. The largest absolute Gasteiger partial charge is 0.301 e. The minimum absolute atomic E-state index is 0.238. The molecule has 0 aliphatic carbocycles. The van der Waals surface area contributed by atoms with Crippen LogP contribution in [0.2, 0.25) is 0 Å². The van der Waals surface area contributed by atoms with Gasteiger partial charge in [0.2, 0.25) is 0 Å². The smallest absolute Gasteiger partial charge is 0.265 e. The lowest BCUT2D eigenvalue weighted by Crippen LogP contribution is -2.39. The van der Waals surface area contributed by atoms with Crippen molar-refractivity contribution < 1.29 is 4.79 Å². The Morgan fingerprint density at radius 1 is 1.00 bits per heavy atom. The standard InChI is InChI=1S/C14H12N4O/c1-14(2,9-6-4-3-5-7-9)12-10-11(17-18-12)13(19)16-8-15-10/h3-8H,1-2H3. The number of nitrogens with zero attached hydrogens (tertiary/aromatic N) is 4. The van der Waals surface area contributed by atoms with Crippen LogP contribution in [0.25, 0.3) is 0 Å². The van der Waals surface area contributed by atoms with E-state index in [1.54, 1.807) is 0 Å². The molecular formula is C14H12N4O. The van der Waals surface area contributed by atoms with Crippen LogP contribution in [-0.4, -0.2) is 29.4 Å². The van der Waals surface area contributed by atoms with Gasteiger partial charge in [-0.05, 0) is 5.56 Å². The molecule has 1 aromatic carbocycles. The summed E-state index contributed by atoms with van der Waals surface area (Å²) in [7, 11) is 0. The summed E-state index contributed by atoms with van der Waals surface area (Å²) in [6.45, 7) is 4.08. The first-order valence-electron chi connectivity index (χ1n) is 5.98. The first-order valence-corrected chi connectivity index (χ1v) is 5.98. The molecule has 2 heterocycles. The highest BCUT2D eigenvalue weighted by atomic mass is 16.1. The lowest BCUT2D eigenvalue weighted by atomic mass is 9.77. The summed E-state index contributed by atoms with van der Waals surface area (Å²) in [5.74, 6) is -0.382. The van der Waals surface area contributed by atoms with Gasteiger partial charge in [-0.15, -0.1) is 5.10 Å². The lowest BCUT2D eigenvalue weighted by molar-refractivity contribution is -0.111. The number of hydrogen-bond acceptors (Lipinski definition) is 4. The molecule has 0 saturated heterocycles. The van der Waals surface area contributed by atoms with Crippen LogP contribution in [0.4, 0.5) is 0 Å². The van der Waals surface area contributed by atoms with Gasteiger partial charge in [-0.25, -0.2) is 4.99 Å². The number of carbonyl (C=O) groups is 1. The molecule has 94 valence electrons. The van der Waals surface area contributed by atoms with Gasteiger partial charge in [0, 0.05) is 5.41 Å². The van der Waals surface area contributed by atoms with Gasteiger partial charge in [-0.1, -0.05) is 44.2 Å². The maximum Gasteiger partial charge on any atom is 0.301 e. The van der Waals surface area contributed by atoms with Crippen molar-refractivity contribution >= 4 is 29.4 Å². The Bertz CT molecular complexity index is 666. The van der Waals surface area contributed by atoms with Crippen LogP contribution in [0.3, 0.4) is 0 Å². The molecular weight excluding hydrogens is 240 g/mol.